The molecule has 2 rings (SSSR count). The summed E-state index contributed by atoms with van der Waals surface area (Å²) in [7, 11) is 1.67. The molecule has 0 aliphatic heterocycles. The van der Waals surface area contributed by atoms with Crippen LogP contribution in [0, 0.1) is 0 Å². The second-order valence-corrected chi connectivity index (χ2v) is 5.12. The maximum atomic E-state index is 5.81. The summed E-state index contributed by atoms with van der Waals surface area (Å²) >= 11 is 3.44. The van der Waals surface area contributed by atoms with Gasteiger partial charge in [0, 0.05) is 5.33 Å². The Morgan fingerprint density at radius 3 is 2.45 bits per heavy atom. The molecule has 3 heteroatoms. The van der Waals surface area contributed by atoms with E-state index in [4.69, 9.17) is 9.47 Å². The Morgan fingerprint density at radius 2 is 1.75 bits per heavy atom. The minimum Gasteiger partial charge on any atom is -0.493 e. The van der Waals surface area contributed by atoms with E-state index in [-0.39, 0.29) is 0 Å². The molecular weight excluding hydrogens is 316 g/mol. The average Bonchev–Trinajstić information content (AvgIpc) is 2.52. The predicted octanol–water partition coefficient (Wildman–Crippen LogP) is 4.60. The zero-order valence-electron chi connectivity index (χ0n) is 11.6. The maximum Gasteiger partial charge on any atom is 0.161 e. The van der Waals surface area contributed by atoms with Crippen LogP contribution in [0.5, 0.6) is 11.5 Å². The van der Waals surface area contributed by atoms with Crippen molar-refractivity contribution < 1.29 is 9.47 Å². The number of aryl methyl sites for hydroxylation is 1. The second kappa shape index (κ2) is 7.95. The normalized spacial score (nSPS) is 10.3. The van der Waals surface area contributed by atoms with Crippen molar-refractivity contribution in [3.05, 3.63) is 59.7 Å². The molecule has 2 aromatic rings. The van der Waals surface area contributed by atoms with Crippen LogP contribution in [0.3, 0.4) is 0 Å². The van der Waals surface area contributed by atoms with Gasteiger partial charge in [-0.2, -0.15) is 0 Å². The van der Waals surface area contributed by atoms with Gasteiger partial charge in [-0.05, 0) is 36.1 Å². The fourth-order valence-electron chi connectivity index (χ4n) is 2.02. The topological polar surface area (TPSA) is 18.5 Å². The van der Waals surface area contributed by atoms with Gasteiger partial charge in [-0.3, -0.25) is 0 Å². The van der Waals surface area contributed by atoms with Crippen LogP contribution in [0.2, 0.25) is 0 Å². The van der Waals surface area contributed by atoms with Gasteiger partial charge in [0.05, 0.1) is 13.7 Å². The highest BCUT2D eigenvalue weighted by atomic mass is 79.9. The van der Waals surface area contributed by atoms with Crippen LogP contribution in [0.15, 0.2) is 48.5 Å². The standard InChI is InChI=1S/C17H19BrO2/c1-19-17-12-15(13-18)9-10-16(17)20-11-5-8-14-6-3-2-4-7-14/h2-4,6-7,9-10,12H,5,8,11,13H2,1H3. The summed E-state index contributed by atoms with van der Waals surface area (Å²) in [5.74, 6) is 1.60. The molecule has 0 aromatic heterocycles. The first kappa shape index (κ1) is 14.9. The highest BCUT2D eigenvalue weighted by molar-refractivity contribution is 9.08. The Balaban J connectivity index is 1.85. The van der Waals surface area contributed by atoms with Crippen molar-refractivity contribution in [2.75, 3.05) is 13.7 Å². The van der Waals surface area contributed by atoms with Gasteiger partial charge >= 0.3 is 0 Å². The first-order chi connectivity index (χ1) is 9.83. The molecule has 0 aliphatic carbocycles. The van der Waals surface area contributed by atoms with Crippen LogP contribution in [0.4, 0.5) is 0 Å². The van der Waals surface area contributed by atoms with E-state index < -0.39 is 0 Å². The molecule has 2 aromatic carbocycles. The quantitative estimate of drug-likeness (QED) is 0.544. The molecule has 0 spiro atoms. The van der Waals surface area contributed by atoms with Crippen molar-refractivity contribution in [2.45, 2.75) is 18.2 Å². The van der Waals surface area contributed by atoms with Crippen LogP contribution in [0.25, 0.3) is 0 Å². The third-order valence-corrected chi connectivity index (χ3v) is 3.74. The number of hydrogen-bond donors (Lipinski definition) is 0. The highest BCUT2D eigenvalue weighted by Gasteiger charge is 2.05. The Kier molecular flexibility index (Phi) is 5.93. The van der Waals surface area contributed by atoms with Crippen molar-refractivity contribution in [2.24, 2.45) is 0 Å². The minimum atomic E-state index is 0.693. The van der Waals surface area contributed by atoms with Gasteiger partial charge < -0.3 is 9.47 Å². The van der Waals surface area contributed by atoms with Crippen molar-refractivity contribution in [3.63, 3.8) is 0 Å². The summed E-state index contributed by atoms with van der Waals surface area (Å²) in [6.07, 6.45) is 2.02. The van der Waals surface area contributed by atoms with Gasteiger partial charge in [-0.25, -0.2) is 0 Å². The zero-order valence-corrected chi connectivity index (χ0v) is 13.2. The van der Waals surface area contributed by atoms with Gasteiger partial charge in [-0.15, -0.1) is 0 Å². The molecule has 0 unspecified atom stereocenters. The smallest absolute Gasteiger partial charge is 0.161 e. The third-order valence-electron chi connectivity index (χ3n) is 3.09. The van der Waals surface area contributed by atoms with Gasteiger partial charge in [0.2, 0.25) is 0 Å². The van der Waals surface area contributed by atoms with E-state index in [2.05, 4.69) is 40.2 Å². The van der Waals surface area contributed by atoms with Crippen molar-refractivity contribution >= 4 is 15.9 Å². The van der Waals surface area contributed by atoms with E-state index in [1.165, 1.54) is 11.1 Å². The predicted molar refractivity (Wildman–Crippen MR) is 85.9 cm³/mol. The van der Waals surface area contributed by atoms with E-state index in [1.807, 2.05) is 24.3 Å². The summed E-state index contributed by atoms with van der Waals surface area (Å²) in [4.78, 5) is 0. The largest absolute Gasteiger partial charge is 0.493 e. The second-order valence-electron chi connectivity index (χ2n) is 4.56. The molecule has 106 valence electrons. The molecule has 0 amide bonds. The van der Waals surface area contributed by atoms with Gasteiger partial charge in [0.15, 0.2) is 11.5 Å². The molecular formula is C17H19BrO2. The molecule has 0 radical (unpaired) electrons. The number of halogens is 1. The summed E-state index contributed by atoms with van der Waals surface area (Å²) < 4.78 is 11.2. The number of alkyl halides is 1. The fraction of sp³-hybridized carbons (Fsp3) is 0.294. The molecule has 0 atom stereocenters. The van der Waals surface area contributed by atoms with Gasteiger partial charge in [0.25, 0.3) is 0 Å². The van der Waals surface area contributed by atoms with E-state index in [9.17, 15) is 0 Å². The SMILES string of the molecule is COc1cc(CBr)ccc1OCCCc1ccccc1. The molecule has 0 aliphatic rings. The van der Waals surface area contributed by atoms with E-state index in [0.717, 1.165) is 29.7 Å². The lowest BCUT2D eigenvalue weighted by molar-refractivity contribution is 0.289. The lowest BCUT2D eigenvalue weighted by Gasteiger charge is -2.11. The lowest BCUT2D eigenvalue weighted by Crippen LogP contribution is -2.01. The molecule has 20 heavy (non-hydrogen) atoms. The highest BCUT2D eigenvalue weighted by Crippen LogP contribution is 2.29. The third kappa shape index (κ3) is 4.27. The monoisotopic (exact) mass is 334 g/mol. The van der Waals surface area contributed by atoms with Gasteiger partial charge in [-0.1, -0.05) is 52.3 Å². The van der Waals surface area contributed by atoms with Crippen LogP contribution >= 0.6 is 15.9 Å². The van der Waals surface area contributed by atoms with E-state index in [0.29, 0.717) is 6.61 Å². The van der Waals surface area contributed by atoms with Crippen LogP contribution < -0.4 is 9.47 Å². The fourth-order valence-corrected chi connectivity index (χ4v) is 2.37. The summed E-state index contributed by atoms with van der Waals surface area (Å²) in [6, 6.07) is 16.5. The van der Waals surface area contributed by atoms with Crippen LogP contribution in [-0.2, 0) is 11.8 Å². The molecule has 0 N–H and O–H groups in total. The molecule has 0 saturated carbocycles. The number of methoxy groups -OCH3 is 1. The molecule has 0 bridgehead atoms. The molecule has 0 heterocycles. The minimum absolute atomic E-state index is 0.693. The molecule has 2 nitrogen and oxygen atoms in total. The number of hydrogen-bond acceptors (Lipinski definition) is 2. The Morgan fingerprint density at radius 1 is 0.950 bits per heavy atom. The maximum absolute atomic E-state index is 5.81. The van der Waals surface area contributed by atoms with Crippen molar-refractivity contribution in [1.82, 2.24) is 0 Å². The van der Waals surface area contributed by atoms with Gasteiger partial charge in [0.1, 0.15) is 0 Å². The summed E-state index contributed by atoms with van der Waals surface area (Å²) in [5, 5.41) is 0.817. The van der Waals surface area contributed by atoms with E-state index >= 15 is 0 Å². The number of rotatable bonds is 7. The van der Waals surface area contributed by atoms with Crippen LogP contribution in [0.1, 0.15) is 17.5 Å². The first-order valence-electron chi connectivity index (χ1n) is 6.73. The van der Waals surface area contributed by atoms with E-state index in [1.54, 1.807) is 7.11 Å². The summed E-state index contributed by atoms with van der Waals surface area (Å²) in [5.41, 5.74) is 2.52. The number of ether oxygens (including phenoxy) is 2. The molecule has 0 saturated heterocycles. The number of benzene rings is 2. The average molecular weight is 335 g/mol. The lowest BCUT2D eigenvalue weighted by atomic mass is 10.1. The van der Waals surface area contributed by atoms with Crippen LogP contribution in [-0.4, -0.2) is 13.7 Å². The summed E-state index contributed by atoms with van der Waals surface area (Å²) in [6.45, 7) is 0.693. The first-order valence-corrected chi connectivity index (χ1v) is 7.85. The Hall–Kier alpha value is -1.48. The molecule has 0 fully saturated rings. The van der Waals surface area contributed by atoms with Crippen molar-refractivity contribution in [1.29, 1.82) is 0 Å². The Bertz CT molecular complexity index is 526. The Labute approximate surface area is 128 Å². The zero-order chi connectivity index (χ0) is 14.2. The van der Waals surface area contributed by atoms with Crippen molar-refractivity contribution in [3.8, 4) is 11.5 Å².